The SMILES string of the molecule is Cn1cnn(CCOCC(F)(F)F)c1=O. The van der Waals surface area contributed by atoms with E-state index >= 15 is 0 Å². The van der Waals surface area contributed by atoms with Gasteiger partial charge in [0.05, 0.1) is 13.2 Å². The molecular weight excluding hydrogens is 215 g/mol. The Hall–Kier alpha value is -1.31. The Balaban J connectivity index is 2.33. The summed E-state index contributed by atoms with van der Waals surface area (Å²) < 4.78 is 41.6. The Labute approximate surface area is 83.1 Å². The highest BCUT2D eigenvalue weighted by Crippen LogP contribution is 2.14. The average molecular weight is 225 g/mol. The smallest absolute Gasteiger partial charge is 0.370 e. The van der Waals surface area contributed by atoms with Gasteiger partial charge in [0.1, 0.15) is 12.9 Å². The molecule has 8 heteroatoms. The highest BCUT2D eigenvalue weighted by atomic mass is 19.4. The summed E-state index contributed by atoms with van der Waals surface area (Å²) in [5, 5.41) is 3.66. The van der Waals surface area contributed by atoms with Crippen molar-refractivity contribution in [3.05, 3.63) is 16.8 Å². The van der Waals surface area contributed by atoms with Crippen LogP contribution >= 0.6 is 0 Å². The van der Waals surface area contributed by atoms with Gasteiger partial charge in [-0.15, -0.1) is 0 Å². The zero-order valence-corrected chi connectivity index (χ0v) is 7.99. The molecule has 0 atom stereocenters. The first-order valence-electron chi connectivity index (χ1n) is 4.13. The number of aromatic nitrogens is 3. The minimum Gasteiger partial charge on any atom is -0.370 e. The molecule has 0 saturated heterocycles. The van der Waals surface area contributed by atoms with Crippen LogP contribution in [0, 0.1) is 0 Å². The summed E-state index contributed by atoms with van der Waals surface area (Å²) in [6.07, 6.45) is -3.05. The van der Waals surface area contributed by atoms with Crippen molar-refractivity contribution in [2.45, 2.75) is 12.7 Å². The number of alkyl halides is 3. The third-order valence-corrected chi connectivity index (χ3v) is 1.60. The van der Waals surface area contributed by atoms with Crippen LogP contribution in [0.5, 0.6) is 0 Å². The number of rotatable bonds is 4. The van der Waals surface area contributed by atoms with E-state index in [2.05, 4.69) is 9.84 Å². The quantitative estimate of drug-likeness (QED) is 0.686. The number of hydrogen-bond acceptors (Lipinski definition) is 3. The molecule has 0 N–H and O–H groups in total. The number of nitrogens with zero attached hydrogens (tertiary/aromatic N) is 3. The Kier molecular flexibility index (Phi) is 3.51. The average Bonchev–Trinajstić information content (AvgIpc) is 2.42. The van der Waals surface area contributed by atoms with Crippen molar-refractivity contribution in [2.75, 3.05) is 13.2 Å². The first kappa shape index (κ1) is 11.8. The lowest BCUT2D eigenvalue weighted by Crippen LogP contribution is -2.26. The van der Waals surface area contributed by atoms with E-state index in [1.807, 2.05) is 0 Å². The van der Waals surface area contributed by atoms with E-state index in [0.717, 1.165) is 4.68 Å². The predicted octanol–water partition coefficient (Wildman–Crippen LogP) is 0.161. The van der Waals surface area contributed by atoms with Gasteiger partial charge in [0, 0.05) is 7.05 Å². The molecule has 86 valence electrons. The number of ether oxygens (including phenoxy) is 1. The Morgan fingerprint density at radius 3 is 2.67 bits per heavy atom. The summed E-state index contributed by atoms with van der Waals surface area (Å²) >= 11 is 0. The Morgan fingerprint density at radius 1 is 1.53 bits per heavy atom. The van der Waals surface area contributed by atoms with E-state index in [9.17, 15) is 18.0 Å². The molecular formula is C7H10F3N3O2. The molecule has 0 aliphatic rings. The lowest BCUT2D eigenvalue weighted by Gasteiger charge is -2.06. The predicted molar refractivity (Wildman–Crippen MR) is 44.3 cm³/mol. The molecule has 1 rings (SSSR count). The first-order valence-corrected chi connectivity index (χ1v) is 4.13. The van der Waals surface area contributed by atoms with Crippen LogP contribution < -0.4 is 5.69 Å². The Bertz CT molecular complexity index is 368. The van der Waals surface area contributed by atoms with Crippen molar-refractivity contribution in [2.24, 2.45) is 7.05 Å². The van der Waals surface area contributed by atoms with Gasteiger partial charge in [0.15, 0.2) is 0 Å². The van der Waals surface area contributed by atoms with Crippen molar-refractivity contribution >= 4 is 0 Å². The van der Waals surface area contributed by atoms with Crippen LogP contribution in [-0.2, 0) is 18.3 Å². The minimum absolute atomic E-state index is 0.00968. The molecule has 1 heterocycles. The fraction of sp³-hybridized carbons (Fsp3) is 0.714. The molecule has 0 unspecified atom stereocenters. The molecule has 0 aromatic carbocycles. The molecule has 0 bridgehead atoms. The molecule has 1 aromatic rings. The molecule has 0 radical (unpaired) electrons. The van der Waals surface area contributed by atoms with Crippen LogP contribution in [0.1, 0.15) is 0 Å². The maximum Gasteiger partial charge on any atom is 0.411 e. The van der Waals surface area contributed by atoms with E-state index in [1.165, 1.54) is 17.9 Å². The van der Waals surface area contributed by atoms with Crippen molar-refractivity contribution < 1.29 is 17.9 Å². The van der Waals surface area contributed by atoms with Crippen LogP contribution in [0.4, 0.5) is 13.2 Å². The van der Waals surface area contributed by atoms with Gasteiger partial charge in [-0.2, -0.15) is 18.3 Å². The molecule has 15 heavy (non-hydrogen) atoms. The fourth-order valence-corrected chi connectivity index (χ4v) is 0.913. The summed E-state index contributed by atoms with van der Waals surface area (Å²) in [4.78, 5) is 11.1. The van der Waals surface area contributed by atoms with Crippen molar-refractivity contribution in [3.63, 3.8) is 0 Å². The summed E-state index contributed by atoms with van der Waals surface area (Å²) in [5.74, 6) is 0. The molecule has 0 aliphatic heterocycles. The lowest BCUT2D eigenvalue weighted by molar-refractivity contribution is -0.174. The number of halogens is 3. The topological polar surface area (TPSA) is 49.0 Å². The summed E-state index contributed by atoms with van der Waals surface area (Å²) in [6, 6.07) is 0. The van der Waals surface area contributed by atoms with Gasteiger partial charge < -0.3 is 4.74 Å². The maximum absolute atomic E-state index is 11.7. The molecule has 0 spiro atoms. The van der Waals surface area contributed by atoms with Gasteiger partial charge in [-0.05, 0) is 0 Å². The maximum atomic E-state index is 11.7. The zero-order valence-electron chi connectivity index (χ0n) is 7.99. The van der Waals surface area contributed by atoms with Crippen LogP contribution in [0.2, 0.25) is 0 Å². The third kappa shape index (κ3) is 3.74. The van der Waals surface area contributed by atoms with Crippen LogP contribution in [0.25, 0.3) is 0 Å². The summed E-state index contributed by atoms with van der Waals surface area (Å²) in [6.45, 7) is -1.50. The van der Waals surface area contributed by atoms with Crippen molar-refractivity contribution in [1.82, 2.24) is 14.3 Å². The number of aryl methyl sites for hydroxylation is 1. The van der Waals surface area contributed by atoms with E-state index < -0.39 is 12.8 Å². The third-order valence-electron chi connectivity index (χ3n) is 1.60. The normalized spacial score (nSPS) is 12.0. The standard InChI is InChI=1S/C7H10F3N3O2/c1-12-5-11-13(6(12)14)2-3-15-4-7(8,9)10/h5H,2-4H2,1H3. The van der Waals surface area contributed by atoms with Crippen molar-refractivity contribution in [1.29, 1.82) is 0 Å². The molecule has 0 fully saturated rings. The minimum atomic E-state index is -4.34. The van der Waals surface area contributed by atoms with Gasteiger partial charge in [-0.25, -0.2) is 9.48 Å². The second-order valence-electron chi connectivity index (χ2n) is 2.92. The first-order chi connectivity index (χ1) is 6.90. The van der Waals surface area contributed by atoms with Gasteiger partial charge in [-0.1, -0.05) is 0 Å². The monoisotopic (exact) mass is 225 g/mol. The molecule has 0 amide bonds. The largest absolute Gasteiger partial charge is 0.411 e. The Morgan fingerprint density at radius 2 is 2.20 bits per heavy atom. The molecule has 5 nitrogen and oxygen atoms in total. The molecule has 0 aliphatic carbocycles. The lowest BCUT2D eigenvalue weighted by atomic mass is 10.6. The van der Waals surface area contributed by atoms with Crippen molar-refractivity contribution in [3.8, 4) is 0 Å². The van der Waals surface area contributed by atoms with E-state index in [0.29, 0.717) is 0 Å². The van der Waals surface area contributed by atoms with Crippen LogP contribution in [0.15, 0.2) is 11.1 Å². The highest BCUT2D eigenvalue weighted by molar-refractivity contribution is 4.64. The second-order valence-corrected chi connectivity index (χ2v) is 2.92. The van der Waals surface area contributed by atoms with Crippen LogP contribution in [-0.4, -0.2) is 33.7 Å². The number of hydrogen-bond donors (Lipinski definition) is 0. The van der Waals surface area contributed by atoms with Gasteiger partial charge in [0.25, 0.3) is 0 Å². The summed E-state index contributed by atoms with van der Waals surface area (Å²) in [7, 11) is 1.50. The fourth-order valence-electron chi connectivity index (χ4n) is 0.913. The summed E-state index contributed by atoms with van der Waals surface area (Å²) in [5.41, 5.74) is -0.384. The highest BCUT2D eigenvalue weighted by Gasteiger charge is 2.27. The van der Waals surface area contributed by atoms with Gasteiger partial charge in [0.2, 0.25) is 0 Å². The van der Waals surface area contributed by atoms with Gasteiger partial charge >= 0.3 is 11.9 Å². The van der Waals surface area contributed by atoms with Gasteiger partial charge in [-0.3, -0.25) is 4.57 Å². The van der Waals surface area contributed by atoms with E-state index in [-0.39, 0.29) is 18.8 Å². The van der Waals surface area contributed by atoms with E-state index in [1.54, 1.807) is 0 Å². The zero-order chi connectivity index (χ0) is 11.5. The molecule has 0 saturated carbocycles. The van der Waals surface area contributed by atoms with Crippen LogP contribution in [0.3, 0.4) is 0 Å². The second kappa shape index (κ2) is 4.47. The molecule has 1 aromatic heterocycles. The van der Waals surface area contributed by atoms with E-state index in [4.69, 9.17) is 0 Å².